The normalized spacial score (nSPS) is 10.4. The van der Waals surface area contributed by atoms with E-state index in [1.807, 2.05) is 0 Å². The van der Waals surface area contributed by atoms with E-state index in [1.54, 1.807) is 12.1 Å². The minimum absolute atomic E-state index is 0.0778. The predicted molar refractivity (Wildman–Crippen MR) is 79.9 cm³/mol. The zero-order valence-corrected chi connectivity index (χ0v) is 11.8. The molecule has 0 atom stereocenters. The molecule has 2 rings (SSSR count). The third-order valence-corrected chi connectivity index (χ3v) is 2.64. The Kier molecular flexibility index (Phi) is 5.18. The molecule has 118 valence electrons. The second-order valence-electron chi connectivity index (χ2n) is 4.31. The number of nitro benzene ring substituents is 1. The molecule has 0 aliphatic heterocycles. The molecule has 0 aliphatic carbocycles. The van der Waals surface area contributed by atoms with Crippen LogP contribution in [0.3, 0.4) is 0 Å². The third kappa shape index (κ3) is 4.77. The number of hydrogen-bond donors (Lipinski definition) is 2. The van der Waals surface area contributed by atoms with Gasteiger partial charge in [0.1, 0.15) is 0 Å². The standard InChI is InChI=1S/C14H12N4O5/c19-13(9-15-14(20)12-5-2-6-23-12)17-16-8-10-3-1-4-11(7-10)18(21)22/h1-8H,9H2,(H,15,20)(H,17,19)/b16-8+. The molecule has 2 aromatic rings. The maximum absolute atomic E-state index is 11.5. The highest BCUT2D eigenvalue weighted by atomic mass is 16.6. The van der Waals surface area contributed by atoms with Gasteiger partial charge < -0.3 is 9.73 Å². The fourth-order valence-electron chi connectivity index (χ4n) is 1.59. The number of nitrogens with zero attached hydrogens (tertiary/aromatic N) is 2. The number of rotatable bonds is 6. The Morgan fingerprint density at radius 1 is 1.30 bits per heavy atom. The lowest BCUT2D eigenvalue weighted by Gasteiger charge is -2.01. The van der Waals surface area contributed by atoms with Gasteiger partial charge >= 0.3 is 0 Å². The van der Waals surface area contributed by atoms with Gasteiger partial charge in [-0.25, -0.2) is 5.43 Å². The second kappa shape index (κ2) is 7.50. The number of nitro groups is 1. The summed E-state index contributed by atoms with van der Waals surface area (Å²) < 4.78 is 4.87. The molecule has 0 spiro atoms. The summed E-state index contributed by atoms with van der Waals surface area (Å²) >= 11 is 0. The summed E-state index contributed by atoms with van der Waals surface area (Å²) in [4.78, 5) is 33.1. The first-order chi connectivity index (χ1) is 11.1. The smallest absolute Gasteiger partial charge is 0.287 e. The lowest BCUT2D eigenvalue weighted by Crippen LogP contribution is -2.34. The molecule has 9 heteroatoms. The van der Waals surface area contributed by atoms with Gasteiger partial charge in [0.05, 0.1) is 23.9 Å². The minimum atomic E-state index is -0.549. The predicted octanol–water partition coefficient (Wildman–Crippen LogP) is 1.07. The van der Waals surface area contributed by atoms with E-state index < -0.39 is 16.7 Å². The highest BCUT2D eigenvalue weighted by Crippen LogP contribution is 2.11. The van der Waals surface area contributed by atoms with Crippen LogP contribution in [0.15, 0.2) is 52.2 Å². The first-order valence-corrected chi connectivity index (χ1v) is 6.44. The fourth-order valence-corrected chi connectivity index (χ4v) is 1.59. The number of carbonyl (C=O) groups is 2. The highest BCUT2D eigenvalue weighted by molar-refractivity contribution is 5.94. The summed E-state index contributed by atoms with van der Waals surface area (Å²) in [6.07, 6.45) is 2.61. The molecule has 0 radical (unpaired) electrons. The molecule has 0 saturated carbocycles. The lowest BCUT2D eigenvalue weighted by molar-refractivity contribution is -0.384. The summed E-state index contributed by atoms with van der Waals surface area (Å²) in [6, 6.07) is 8.78. The number of hydrogen-bond acceptors (Lipinski definition) is 6. The maximum Gasteiger partial charge on any atom is 0.287 e. The van der Waals surface area contributed by atoms with Crippen molar-refractivity contribution in [1.29, 1.82) is 0 Å². The van der Waals surface area contributed by atoms with Crippen molar-refractivity contribution in [3.63, 3.8) is 0 Å². The molecule has 2 amide bonds. The van der Waals surface area contributed by atoms with Crippen LogP contribution in [0.4, 0.5) is 5.69 Å². The molecular weight excluding hydrogens is 304 g/mol. The van der Waals surface area contributed by atoms with Crippen LogP contribution >= 0.6 is 0 Å². The lowest BCUT2D eigenvalue weighted by atomic mass is 10.2. The molecule has 1 heterocycles. The van der Waals surface area contributed by atoms with Crippen molar-refractivity contribution >= 4 is 23.7 Å². The van der Waals surface area contributed by atoms with Crippen molar-refractivity contribution in [1.82, 2.24) is 10.7 Å². The van der Waals surface area contributed by atoms with Crippen LogP contribution < -0.4 is 10.7 Å². The summed E-state index contributed by atoms with van der Waals surface area (Å²) in [6.45, 7) is -0.286. The highest BCUT2D eigenvalue weighted by Gasteiger charge is 2.09. The summed E-state index contributed by atoms with van der Waals surface area (Å²) in [5.74, 6) is -0.975. The number of carbonyl (C=O) groups excluding carboxylic acids is 2. The zero-order valence-electron chi connectivity index (χ0n) is 11.8. The minimum Gasteiger partial charge on any atom is -0.459 e. The molecular formula is C14H12N4O5. The molecule has 0 fully saturated rings. The van der Waals surface area contributed by atoms with Crippen molar-refractivity contribution in [2.24, 2.45) is 5.10 Å². The van der Waals surface area contributed by atoms with Gasteiger partial charge in [0.15, 0.2) is 5.76 Å². The van der Waals surface area contributed by atoms with E-state index in [4.69, 9.17) is 4.42 Å². The topological polar surface area (TPSA) is 127 Å². The number of hydrazone groups is 1. The number of non-ortho nitro benzene ring substituents is 1. The Morgan fingerprint density at radius 2 is 2.13 bits per heavy atom. The van der Waals surface area contributed by atoms with Crippen molar-refractivity contribution < 1.29 is 18.9 Å². The average Bonchev–Trinajstić information content (AvgIpc) is 3.07. The van der Waals surface area contributed by atoms with Crippen LogP contribution in [0.1, 0.15) is 16.1 Å². The second-order valence-corrected chi connectivity index (χ2v) is 4.31. The van der Waals surface area contributed by atoms with Gasteiger partial charge in [-0.2, -0.15) is 5.10 Å². The molecule has 0 unspecified atom stereocenters. The number of nitrogens with one attached hydrogen (secondary N) is 2. The quantitative estimate of drug-likeness (QED) is 0.468. The van der Waals surface area contributed by atoms with Crippen LogP contribution in [-0.2, 0) is 4.79 Å². The Morgan fingerprint density at radius 3 is 2.83 bits per heavy atom. The Labute approximate surface area is 130 Å². The first kappa shape index (κ1) is 15.9. The van der Waals surface area contributed by atoms with Crippen molar-refractivity contribution in [2.75, 3.05) is 6.54 Å². The molecule has 9 nitrogen and oxygen atoms in total. The van der Waals surface area contributed by atoms with E-state index in [9.17, 15) is 19.7 Å². The van der Waals surface area contributed by atoms with E-state index in [-0.39, 0.29) is 18.0 Å². The van der Waals surface area contributed by atoms with E-state index in [1.165, 1.54) is 36.7 Å². The van der Waals surface area contributed by atoms with Crippen LogP contribution in [0.5, 0.6) is 0 Å². The van der Waals surface area contributed by atoms with E-state index >= 15 is 0 Å². The zero-order chi connectivity index (χ0) is 16.7. The van der Waals surface area contributed by atoms with Gasteiger partial charge in [-0.1, -0.05) is 12.1 Å². The Bertz CT molecular complexity index is 739. The molecule has 1 aromatic carbocycles. The van der Waals surface area contributed by atoms with Crippen molar-refractivity contribution in [3.05, 3.63) is 64.1 Å². The Hall–Kier alpha value is -3.49. The maximum atomic E-state index is 11.5. The first-order valence-electron chi connectivity index (χ1n) is 6.44. The van der Waals surface area contributed by atoms with Gasteiger partial charge in [-0.05, 0) is 12.1 Å². The SMILES string of the molecule is O=C(CNC(=O)c1ccco1)N/N=C/c1cccc([N+](=O)[O-])c1. The van der Waals surface area contributed by atoms with E-state index in [0.717, 1.165) is 0 Å². The van der Waals surface area contributed by atoms with Crippen LogP contribution in [-0.4, -0.2) is 29.5 Å². The summed E-state index contributed by atoms with van der Waals surface area (Å²) in [7, 11) is 0. The molecule has 23 heavy (non-hydrogen) atoms. The van der Waals surface area contributed by atoms with Gasteiger partial charge in [0, 0.05) is 17.7 Å². The number of furan rings is 1. The monoisotopic (exact) mass is 316 g/mol. The average molecular weight is 316 g/mol. The number of amides is 2. The molecule has 1 aromatic heterocycles. The van der Waals surface area contributed by atoms with E-state index in [0.29, 0.717) is 5.56 Å². The molecule has 0 aliphatic rings. The summed E-state index contributed by atoms with van der Waals surface area (Å²) in [5.41, 5.74) is 2.58. The number of benzene rings is 1. The van der Waals surface area contributed by atoms with E-state index in [2.05, 4.69) is 15.8 Å². The van der Waals surface area contributed by atoms with Crippen molar-refractivity contribution in [2.45, 2.75) is 0 Å². The van der Waals surface area contributed by atoms with Crippen LogP contribution in [0.2, 0.25) is 0 Å². The summed E-state index contributed by atoms with van der Waals surface area (Å²) in [5, 5.41) is 16.6. The van der Waals surface area contributed by atoms with Crippen LogP contribution in [0.25, 0.3) is 0 Å². The molecule has 0 bridgehead atoms. The van der Waals surface area contributed by atoms with Gasteiger partial charge in [0.25, 0.3) is 17.5 Å². The van der Waals surface area contributed by atoms with Gasteiger partial charge in [0.2, 0.25) is 0 Å². The largest absolute Gasteiger partial charge is 0.459 e. The van der Waals surface area contributed by atoms with Crippen molar-refractivity contribution in [3.8, 4) is 0 Å². The van der Waals surface area contributed by atoms with Crippen LogP contribution in [0, 0.1) is 10.1 Å². The molecule has 2 N–H and O–H groups in total. The van der Waals surface area contributed by atoms with Gasteiger partial charge in [-0.15, -0.1) is 0 Å². The fraction of sp³-hybridized carbons (Fsp3) is 0.0714. The Balaban J connectivity index is 1.81. The van der Waals surface area contributed by atoms with Gasteiger partial charge in [-0.3, -0.25) is 19.7 Å². The third-order valence-electron chi connectivity index (χ3n) is 2.64. The molecule has 0 saturated heterocycles.